The molecule has 1 unspecified atom stereocenters. The molecule has 0 aromatic heterocycles. The van der Waals surface area contributed by atoms with E-state index in [1.165, 1.54) is 25.7 Å². The lowest BCUT2D eigenvalue weighted by molar-refractivity contribution is -0.176. The van der Waals surface area contributed by atoms with Gasteiger partial charge in [0.15, 0.2) is 5.41 Å². The van der Waals surface area contributed by atoms with Gasteiger partial charge in [-0.05, 0) is 44.9 Å². The summed E-state index contributed by atoms with van der Waals surface area (Å²) in [5.41, 5.74) is -1.16. The average molecular weight is 371 g/mol. The van der Waals surface area contributed by atoms with Gasteiger partial charge >= 0.3 is 11.9 Å². The first-order valence-electron chi connectivity index (χ1n) is 10.7. The molecule has 0 amide bonds. The Bertz CT molecular complexity index is 386. The molecule has 1 atom stereocenters. The fraction of sp³-hybridized carbons (Fsp3) is 0.909. The molecular weight excluding hydrogens is 328 g/mol. The molecule has 4 heteroatoms. The van der Waals surface area contributed by atoms with Crippen LogP contribution in [0.5, 0.6) is 0 Å². The van der Waals surface area contributed by atoms with E-state index in [9.17, 15) is 9.59 Å². The summed E-state index contributed by atoms with van der Waals surface area (Å²) in [4.78, 5) is 25.3. The smallest absolute Gasteiger partial charge is 0.323 e. The van der Waals surface area contributed by atoms with Gasteiger partial charge < -0.3 is 9.47 Å². The predicted molar refractivity (Wildman–Crippen MR) is 107 cm³/mol. The van der Waals surface area contributed by atoms with E-state index >= 15 is 0 Å². The molecule has 154 valence electrons. The molecule has 0 N–H and O–H groups in total. The molecule has 0 bridgehead atoms. The van der Waals surface area contributed by atoms with Crippen molar-refractivity contribution in [2.45, 2.75) is 112 Å². The Labute approximate surface area is 161 Å². The van der Waals surface area contributed by atoms with Gasteiger partial charge in [0.05, 0.1) is 12.7 Å². The molecule has 0 fully saturated rings. The van der Waals surface area contributed by atoms with Gasteiger partial charge in [-0.2, -0.15) is 0 Å². The van der Waals surface area contributed by atoms with Gasteiger partial charge in [0.2, 0.25) is 0 Å². The van der Waals surface area contributed by atoms with Gasteiger partial charge in [-0.3, -0.25) is 9.59 Å². The number of ether oxygens (including phenoxy) is 2. The van der Waals surface area contributed by atoms with E-state index in [1.54, 1.807) is 0 Å². The van der Waals surface area contributed by atoms with Crippen LogP contribution in [0.1, 0.15) is 106 Å². The van der Waals surface area contributed by atoms with Crippen LogP contribution in [0.15, 0.2) is 0 Å². The van der Waals surface area contributed by atoms with Gasteiger partial charge in [0.25, 0.3) is 0 Å². The summed E-state index contributed by atoms with van der Waals surface area (Å²) < 4.78 is 11.1. The SMILES string of the molecule is CCCCCCCCOC(=O)C(CC)(CC)C(=O)OC(C)CCC(C)C. The van der Waals surface area contributed by atoms with Crippen LogP contribution in [0.3, 0.4) is 0 Å². The molecule has 0 saturated carbocycles. The average Bonchev–Trinajstić information content (AvgIpc) is 2.60. The van der Waals surface area contributed by atoms with Crippen LogP contribution in [-0.4, -0.2) is 24.6 Å². The summed E-state index contributed by atoms with van der Waals surface area (Å²) in [6.07, 6.45) is 9.29. The third kappa shape index (κ3) is 9.05. The fourth-order valence-electron chi connectivity index (χ4n) is 3.02. The van der Waals surface area contributed by atoms with Crippen LogP contribution >= 0.6 is 0 Å². The minimum Gasteiger partial charge on any atom is -0.465 e. The van der Waals surface area contributed by atoms with Crippen molar-refractivity contribution in [3.05, 3.63) is 0 Å². The second-order valence-electron chi connectivity index (χ2n) is 7.88. The number of hydrogen-bond acceptors (Lipinski definition) is 4. The first-order valence-corrected chi connectivity index (χ1v) is 10.7. The Morgan fingerprint density at radius 1 is 0.808 bits per heavy atom. The normalized spacial score (nSPS) is 12.9. The van der Waals surface area contributed by atoms with Crippen LogP contribution < -0.4 is 0 Å². The molecule has 26 heavy (non-hydrogen) atoms. The lowest BCUT2D eigenvalue weighted by Crippen LogP contribution is -2.42. The van der Waals surface area contributed by atoms with E-state index in [0.717, 1.165) is 25.7 Å². The van der Waals surface area contributed by atoms with Crippen molar-refractivity contribution in [1.29, 1.82) is 0 Å². The molecule has 0 saturated heterocycles. The number of rotatable bonds is 15. The predicted octanol–water partition coefficient (Wildman–Crippen LogP) is 6.06. The molecule has 0 radical (unpaired) electrons. The molecule has 0 aliphatic rings. The van der Waals surface area contributed by atoms with Gasteiger partial charge in [0, 0.05) is 0 Å². The lowest BCUT2D eigenvalue weighted by Gasteiger charge is -2.28. The van der Waals surface area contributed by atoms with E-state index < -0.39 is 17.4 Å². The summed E-state index contributed by atoms with van der Waals surface area (Å²) in [6.45, 7) is 12.5. The second-order valence-corrected chi connectivity index (χ2v) is 7.88. The van der Waals surface area contributed by atoms with Gasteiger partial charge in [-0.25, -0.2) is 0 Å². The highest BCUT2D eigenvalue weighted by Crippen LogP contribution is 2.31. The van der Waals surface area contributed by atoms with E-state index in [2.05, 4.69) is 20.8 Å². The van der Waals surface area contributed by atoms with Crippen molar-refractivity contribution in [2.24, 2.45) is 11.3 Å². The Kier molecular flexibility index (Phi) is 13.5. The monoisotopic (exact) mass is 370 g/mol. The highest BCUT2D eigenvalue weighted by atomic mass is 16.6. The quantitative estimate of drug-likeness (QED) is 0.200. The minimum absolute atomic E-state index is 0.172. The van der Waals surface area contributed by atoms with Crippen LogP contribution in [-0.2, 0) is 19.1 Å². The lowest BCUT2D eigenvalue weighted by atomic mass is 9.82. The maximum atomic E-state index is 12.7. The fourth-order valence-corrected chi connectivity index (χ4v) is 3.02. The Hall–Kier alpha value is -1.06. The highest BCUT2D eigenvalue weighted by Gasteiger charge is 2.46. The highest BCUT2D eigenvalue weighted by molar-refractivity contribution is 6.00. The van der Waals surface area contributed by atoms with Crippen molar-refractivity contribution >= 4 is 11.9 Å². The zero-order chi connectivity index (χ0) is 20.0. The molecular formula is C22H42O4. The number of carbonyl (C=O) groups excluding carboxylic acids is 2. The number of esters is 2. The minimum atomic E-state index is -1.16. The van der Waals surface area contributed by atoms with E-state index in [-0.39, 0.29) is 6.10 Å². The molecule has 0 aliphatic carbocycles. The summed E-state index contributed by atoms with van der Waals surface area (Å²) in [5.74, 6) is -0.274. The molecule has 0 rings (SSSR count). The first kappa shape index (κ1) is 24.9. The standard InChI is InChI=1S/C22H42O4/c1-7-10-11-12-13-14-17-25-20(23)22(8-2,9-3)21(24)26-19(6)16-15-18(4)5/h18-19H,7-17H2,1-6H3. The number of unbranched alkanes of at least 4 members (excludes halogenated alkanes) is 5. The van der Waals surface area contributed by atoms with Crippen LogP contribution in [0.4, 0.5) is 0 Å². The topological polar surface area (TPSA) is 52.6 Å². The molecule has 0 heterocycles. The number of carbonyl (C=O) groups is 2. The summed E-state index contributed by atoms with van der Waals surface area (Å²) in [7, 11) is 0. The third-order valence-electron chi connectivity index (χ3n) is 5.18. The Balaban J connectivity index is 4.50. The van der Waals surface area contributed by atoms with E-state index in [4.69, 9.17) is 9.47 Å². The van der Waals surface area contributed by atoms with Crippen molar-refractivity contribution in [3.63, 3.8) is 0 Å². The van der Waals surface area contributed by atoms with Crippen LogP contribution in [0, 0.1) is 11.3 Å². The third-order valence-corrected chi connectivity index (χ3v) is 5.18. The van der Waals surface area contributed by atoms with Crippen LogP contribution in [0.25, 0.3) is 0 Å². The van der Waals surface area contributed by atoms with Gasteiger partial charge in [-0.1, -0.05) is 66.7 Å². The molecule has 0 aliphatic heterocycles. The zero-order valence-corrected chi connectivity index (χ0v) is 18.1. The van der Waals surface area contributed by atoms with E-state index in [1.807, 2.05) is 20.8 Å². The second kappa shape index (κ2) is 14.1. The zero-order valence-electron chi connectivity index (χ0n) is 18.1. The number of hydrogen-bond donors (Lipinski definition) is 0. The Morgan fingerprint density at radius 3 is 1.92 bits per heavy atom. The summed E-state index contributed by atoms with van der Waals surface area (Å²) in [6, 6.07) is 0. The van der Waals surface area contributed by atoms with Crippen molar-refractivity contribution < 1.29 is 19.1 Å². The van der Waals surface area contributed by atoms with Crippen molar-refractivity contribution in [1.82, 2.24) is 0 Å². The maximum Gasteiger partial charge on any atom is 0.323 e. The van der Waals surface area contributed by atoms with Crippen molar-refractivity contribution in [3.8, 4) is 0 Å². The van der Waals surface area contributed by atoms with Crippen LogP contribution in [0.2, 0.25) is 0 Å². The summed E-state index contributed by atoms with van der Waals surface area (Å²) in [5, 5.41) is 0. The molecule has 0 aromatic rings. The summed E-state index contributed by atoms with van der Waals surface area (Å²) >= 11 is 0. The van der Waals surface area contributed by atoms with Gasteiger partial charge in [-0.15, -0.1) is 0 Å². The molecule has 4 nitrogen and oxygen atoms in total. The molecule has 0 spiro atoms. The maximum absolute atomic E-state index is 12.7. The Morgan fingerprint density at radius 2 is 1.38 bits per heavy atom. The first-order chi connectivity index (χ1) is 12.3. The van der Waals surface area contributed by atoms with E-state index in [0.29, 0.717) is 25.4 Å². The molecule has 0 aromatic carbocycles. The van der Waals surface area contributed by atoms with Gasteiger partial charge in [0.1, 0.15) is 0 Å². The van der Waals surface area contributed by atoms with Crippen molar-refractivity contribution in [2.75, 3.05) is 6.61 Å². The largest absolute Gasteiger partial charge is 0.465 e.